The number of piperidine rings is 1. The lowest BCUT2D eigenvalue weighted by atomic mass is 9.72. The molecule has 4 aliphatic rings. The highest BCUT2D eigenvalue weighted by Gasteiger charge is 2.47. The van der Waals surface area contributed by atoms with Crippen LogP contribution < -0.4 is 5.32 Å². The summed E-state index contributed by atoms with van der Waals surface area (Å²) < 4.78 is 29.2. The molecule has 1 aliphatic carbocycles. The number of carbonyl (C=O) groups is 1. The summed E-state index contributed by atoms with van der Waals surface area (Å²) in [6, 6.07) is 6.69. The van der Waals surface area contributed by atoms with Gasteiger partial charge in [0.15, 0.2) is 0 Å². The predicted molar refractivity (Wildman–Crippen MR) is 133 cm³/mol. The fraction of sp³-hybridized carbons (Fsp3) is 0.458. The van der Waals surface area contributed by atoms with Gasteiger partial charge in [0, 0.05) is 55.6 Å². The number of carbonyl (C=O) groups excluding carboxylic acids is 1. The van der Waals surface area contributed by atoms with E-state index in [1.54, 1.807) is 33.0 Å². The number of nitrogens with zero attached hydrogens (tertiary/aromatic N) is 4. The van der Waals surface area contributed by atoms with Gasteiger partial charge in [-0.25, -0.2) is 18.4 Å². The Labute approximate surface area is 205 Å². The minimum atomic E-state index is -3.51. The Balaban J connectivity index is 1.34. The number of hydrogen-bond donors (Lipinski definition) is 1. The minimum absolute atomic E-state index is 0.142. The summed E-state index contributed by atoms with van der Waals surface area (Å²) in [6.07, 6.45) is 8.39. The van der Waals surface area contributed by atoms with E-state index in [2.05, 4.69) is 17.2 Å². The number of nitrogens with one attached hydrogen (secondary N) is 1. The second-order valence-electron chi connectivity index (χ2n) is 9.44. The van der Waals surface area contributed by atoms with Crippen LogP contribution in [-0.2, 0) is 14.8 Å². The van der Waals surface area contributed by atoms with E-state index in [0.29, 0.717) is 56.6 Å². The van der Waals surface area contributed by atoms with Gasteiger partial charge in [-0.3, -0.25) is 9.21 Å². The number of Topliss-reactive ketones (excluding diaryl/α,β-unsaturated/α-hetero) is 1. The van der Waals surface area contributed by atoms with E-state index in [-0.39, 0.29) is 10.7 Å². The molecule has 3 aliphatic heterocycles. The van der Waals surface area contributed by atoms with E-state index in [1.165, 1.54) is 0 Å². The maximum Gasteiger partial charge on any atom is 0.243 e. The Morgan fingerprint density at radius 2 is 2.00 bits per heavy atom. The van der Waals surface area contributed by atoms with Gasteiger partial charge in [-0.2, -0.15) is 4.31 Å². The van der Waals surface area contributed by atoms with Crippen molar-refractivity contribution in [2.45, 2.75) is 37.5 Å². The number of guanidine groups is 1. The van der Waals surface area contributed by atoms with Gasteiger partial charge in [0.1, 0.15) is 5.78 Å². The number of ketones is 1. The SMILES string of the molecule is CC1CCCN(S(=O)(=O)c2ccc(NC3=NCC45CC(=O)CCN(Cl)C4=CC=CC5=N3)cc2)C1. The zero-order valence-corrected chi connectivity index (χ0v) is 20.6. The lowest BCUT2D eigenvalue weighted by Crippen LogP contribution is -2.44. The van der Waals surface area contributed by atoms with Crippen molar-refractivity contribution in [1.29, 1.82) is 0 Å². The average molecular weight is 502 g/mol. The Kier molecular flexibility index (Phi) is 6.12. The summed E-state index contributed by atoms with van der Waals surface area (Å²) in [7, 11) is -3.51. The van der Waals surface area contributed by atoms with Gasteiger partial charge in [-0.1, -0.05) is 13.0 Å². The third kappa shape index (κ3) is 4.21. The monoisotopic (exact) mass is 501 g/mol. The number of benzene rings is 1. The van der Waals surface area contributed by atoms with Crippen molar-refractivity contribution in [1.82, 2.24) is 8.72 Å². The van der Waals surface area contributed by atoms with Crippen LogP contribution in [0, 0.1) is 11.3 Å². The molecule has 2 fully saturated rings. The lowest BCUT2D eigenvalue weighted by Gasteiger charge is -2.39. The first-order chi connectivity index (χ1) is 16.3. The summed E-state index contributed by atoms with van der Waals surface area (Å²) in [5.74, 6) is 0.934. The molecule has 0 aromatic heterocycles. The molecular weight excluding hydrogens is 474 g/mol. The minimum Gasteiger partial charge on any atom is -0.324 e. The van der Waals surface area contributed by atoms with Crippen molar-refractivity contribution in [2.24, 2.45) is 21.3 Å². The lowest BCUT2D eigenvalue weighted by molar-refractivity contribution is -0.119. The molecule has 2 unspecified atom stereocenters. The molecule has 5 rings (SSSR count). The van der Waals surface area contributed by atoms with Crippen LogP contribution in [0.4, 0.5) is 5.69 Å². The molecule has 10 heteroatoms. The maximum atomic E-state index is 13.0. The number of anilines is 1. The van der Waals surface area contributed by atoms with Gasteiger partial charge in [0.05, 0.1) is 22.6 Å². The van der Waals surface area contributed by atoms with Gasteiger partial charge >= 0.3 is 0 Å². The highest BCUT2D eigenvalue weighted by atomic mass is 35.5. The van der Waals surface area contributed by atoms with Crippen molar-refractivity contribution in [3.05, 3.63) is 48.2 Å². The van der Waals surface area contributed by atoms with Crippen molar-refractivity contribution < 1.29 is 13.2 Å². The van der Waals surface area contributed by atoms with Gasteiger partial charge in [-0.05, 0) is 55.2 Å². The molecule has 34 heavy (non-hydrogen) atoms. The standard InChI is InChI=1S/C24H28ClN5O3S/c1-17-4-3-12-29(15-17)34(32,33)20-9-7-18(8-10-20)27-23-26-16-24-14-19(31)11-13-30(25)22(24)6-2-5-21(24)28-23/h2,5-10,17H,3-4,11-16H2,1H3,(H,26,27). The highest BCUT2D eigenvalue weighted by molar-refractivity contribution is 7.89. The maximum absolute atomic E-state index is 13.0. The van der Waals surface area contributed by atoms with E-state index >= 15 is 0 Å². The van der Waals surface area contributed by atoms with Crippen molar-refractivity contribution in [3.8, 4) is 0 Å². The normalized spacial score (nSPS) is 27.7. The summed E-state index contributed by atoms with van der Waals surface area (Å²) >= 11 is 6.46. The first kappa shape index (κ1) is 23.3. The quantitative estimate of drug-likeness (QED) is 0.639. The molecule has 0 radical (unpaired) electrons. The third-order valence-corrected chi connectivity index (χ3v) is 9.16. The number of rotatable bonds is 3. The molecule has 180 valence electrons. The molecule has 0 bridgehead atoms. The Morgan fingerprint density at radius 1 is 1.21 bits per heavy atom. The van der Waals surface area contributed by atoms with E-state index in [9.17, 15) is 13.2 Å². The summed E-state index contributed by atoms with van der Waals surface area (Å²) in [5.41, 5.74) is 1.66. The van der Waals surface area contributed by atoms with E-state index in [1.807, 2.05) is 18.2 Å². The van der Waals surface area contributed by atoms with Gasteiger partial charge < -0.3 is 5.32 Å². The van der Waals surface area contributed by atoms with Gasteiger partial charge in [0.2, 0.25) is 16.0 Å². The Morgan fingerprint density at radius 3 is 2.76 bits per heavy atom. The van der Waals surface area contributed by atoms with Crippen LogP contribution in [0.1, 0.15) is 32.6 Å². The van der Waals surface area contributed by atoms with Crippen LogP contribution in [0.2, 0.25) is 0 Å². The van der Waals surface area contributed by atoms with E-state index in [0.717, 1.165) is 24.3 Å². The zero-order chi connectivity index (χ0) is 23.9. The van der Waals surface area contributed by atoms with Crippen LogP contribution in [0.25, 0.3) is 0 Å². The Hall–Kier alpha value is -2.49. The fourth-order valence-corrected chi connectivity index (χ4v) is 6.99. The van der Waals surface area contributed by atoms with Gasteiger partial charge in [-0.15, -0.1) is 0 Å². The van der Waals surface area contributed by atoms with Crippen LogP contribution in [0.15, 0.2) is 63.1 Å². The molecule has 1 aromatic carbocycles. The number of aliphatic imine (C=N–C) groups is 2. The largest absolute Gasteiger partial charge is 0.324 e. The summed E-state index contributed by atoms with van der Waals surface area (Å²) in [6.45, 7) is 4.04. The molecular formula is C24H28ClN5O3S. The smallest absolute Gasteiger partial charge is 0.243 e. The van der Waals surface area contributed by atoms with Crippen molar-refractivity contribution in [2.75, 3.05) is 31.5 Å². The number of allylic oxidation sites excluding steroid dienone is 3. The van der Waals surface area contributed by atoms with E-state index < -0.39 is 15.4 Å². The van der Waals surface area contributed by atoms with Crippen LogP contribution in [0.5, 0.6) is 0 Å². The third-order valence-electron chi connectivity index (χ3n) is 6.93. The van der Waals surface area contributed by atoms with Crippen LogP contribution in [0.3, 0.4) is 0 Å². The molecule has 1 aromatic rings. The Bertz CT molecular complexity index is 1220. The van der Waals surface area contributed by atoms with Crippen LogP contribution >= 0.6 is 11.8 Å². The fourth-order valence-electron chi connectivity index (χ4n) is 5.09. The molecule has 0 amide bonds. The second kappa shape index (κ2) is 8.94. The molecule has 3 heterocycles. The molecule has 2 atom stereocenters. The molecule has 8 nitrogen and oxygen atoms in total. The first-order valence-electron chi connectivity index (χ1n) is 11.6. The molecule has 1 spiro atoms. The summed E-state index contributed by atoms with van der Waals surface area (Å²) in [4.78, 5) is 22.1. The topological polar surface area (TPSA) is 94.4 Å². The van der Waals surface area contributed by atoms with Crippen molar-refractivity contribution in [3.63, 3.8) is 0 Å². The average Bonchev–Trinajstić information content (AvgIpc) is 2.95. The predicted octanol–water partition coefficient (Wildman–Crippen LogP) is 3.59. The van der Waals surface area contributed by atoms with Gasteiger partial charge in [0.25, 0.3) is 0 Å². The van der Waals surface area contributed by atoms with Crippen molar-refractivity contribution >= 4 is 44.9 Å². The summed E-state index contributed by atoms with van der Waals surface area (Å²) in [5, 5.41) is 3.18. The van der Waals surface area contributed by atoms with Crippen LogP contribution in [-0.4, -0.2) is 60.8 Å². The number of hydrogen-bond acceptors (Lipinski definition) is 7. The zero-order valence-electron chi connectivity index (χ0n) is 19.1. The molecule has 0 saturated carbocycles. The number of sulfonamides is 1. The first-order valence-corrected chi connectivity index (χ1v) is 13.4. The highest BCUT2D eigenvalue weighted by Crippen LogP contribution is 2.43. The molecule has 1 N–H and O–H groups in total. The number of halogens is 1. The second-order valence-corrected chi connectivity index (χ2v) is 11.8. The van der Waals surface area contributed by atoms with E-state index in [4.69, 9.17) is 16.8 Å². The molecule has 2 saturated heterocycles.